The summed E-state index contributed by atoms with van der Waals surface area (Å²) >= 11 is 0. The van der Waals surface area contributed by atoms with Crippen LogP contribution in [0.25, 0.3) is 0 Å². The smallest absolute Gasteiger partial charge is 0.231 e. The van der Waals surface area contributed by atoms with Crippen LogP contribution in [0.5, 0.6) is 34.5 Å². The lowest BCUT2D eigenvalue weighted by Crippen LogP contribution is -2.60. The molecular weight excluding hydrogens is 468 g/mol. The first-order valence-electron chi connectivity index (χ1n) is 10.8. The van der Waals surface area contributed by atoms with Crippen molar-refractivity contribution >= 4 is 5.78 Å². The van der Waals surface area contributed by atoms with Gasteiger partial charge in [-0.2, -0.15) is 0 Å². The lowest BCUT2D eigenvalue weighted by molar-refractivity contribution is -0.277. The Hall–Kier alpha value is -3.29. The molecule has 2 aromatic carbocycles. The number of methoxy groups -OCH3 is 1. The number of phenolic OH excluding ortho intramolecular Hbond substituents is 1. The molecule has 0 aliphatic carbocycles. The van der Waals surface area contributed by atoms with Crippen LogP contribution >= 0.6 is 0 Å². The summed E-state index contributed by atoms with van der Waals surface area (Å²) in [5.41, 5.74) is 0.440. The summed E-state index contributed by atoms with van der Waals surface area (Å²) in [5, 5.41) is 50.0. The van der Waals surface area contributed by atoms with Gasteiger partial charge in [-0.05, 0) is 6.07 Å². The van der Waals surface area contributed by atoms with E-state index in [-0.39, 0.29) is 30.5 Å². The number of ketones is 1. The number of carbonyl (C=O) groups excluding carboxylic acids is 1. The molecule has 5 N–H and O–H groups in total. The third-order valence-electron chi connectivity index (χ3n) is 6.22. The standard InChI is InChI=1S/C23H24O12/c1-30-13-5-15-14(32-8-33-15)4-10(13)11-7-31-16-3-9(2-12(25)18(16)19(11)26)34-23-22(29)21(28)20(27)17(6-24)35-23/h2-5,11,17,20-25,27-29H,6-8H2,1H3/t11-,17+,20+,21-,22+,23?/m0/s1. The van der Waals surface area contributed by atoms with E-state index in [1.165, 1.54) is 13.2 Å². The van der Waals surface area contributed by atoms with E-state index in [1.807, 2.05) is 0 Å². The average Bonchev–Trinajstić information content (AvgIpc) is 3.31. The highest BCUT2D eigenvalue weighted by atomic mass is 16.7. The van der Waals surface area contributed by atoms with Crippen molar-refractivity contribution < 1.29 is 58.7 Å². The van der Waals surface area contributed by atoms with Gasteiger partial charge in [-0.25, -0.2) is 0 Å². The summed E-state index contributed by atoms with van der Waals surface area (Å²) in [6.07, 6.45) is -7.45. The maximum atomic E-state index is 13.4. The van der Waals surface area contributed by atoms with Crippen LogP contribution in [0.3, 0.4) is 0 Å². The molecule has 1 fully saturated rings. The van der Waals surface area contributed by atoms with Crippen LogP contribution in [0.2, 0.25) is 0 Å². The molecule has 12 heteroatoms. The quantitative estimate of drug-likeness (QED) is 0.368. The molecule has 3 aliphatic heterocycles. The van der Waals surface area contributed by atoms with Gasteiger partial charge in [0.25, 0.3) is 0 Å². The Morgan fingerprint density at radius 1 is 0.971 bits per heavy atom. The second kappa shape index (κ2) is 9.06. The van der Waals surface area contributed by atoms with E-state index in [0.29, 0.717) is 22.8 Å². The van der Waals surface area contributed by atoms with Crippen molar-refractivity contribution in [1.82, 2.24) is 0 Å². The minimum Gasteiger partial charge on any atom is -0.507 e. The molecule has 5 rings (SSSR count). The SMILES string of the molecule is COc1cc2c(cc1[C@@H]1COc3cc(OC4O[C@H](CO)[C@@H](O)[C@H](O)[C@H]4O)cc(O)c3C1=O)OCO2. The monoisotopic (exact) mass is 492 g/mol. The number of aliphatic hydroxyl groups is 4. The van der Waals surface area contributed by atoms with Gasteiger partial charge in [0.1, 0.15) is 59.6 Å². The summed E-state index contributed by atoms with van der Waals surface area (Å²) in [4.78, 5) is 13.4. The van der Waals surface area contributed by atoms with Crippen molar-refractivity contribution in [3.8, 4) is 34.5 Å². The highest BCUT2D eigenvalue weighted by molar-refractivity contribution is 6.07. The molecule has 3 heterocycles. The summed E-state index contributed by atoms with van der Waals surface area (Å²) < 4.78 is 32.8. The minimum absolute atomic E-state index is 0.0301. The van der Waals surface area contributed by atoms with Crippen LogP contribution in [0, 0.1) is 0 Å². The lowest BCUT2D eigenvalue weighted by atomic mass is 9.87. The Morgan fingerprint density at radius 3 is 2.43 bits per heavy atom. The van der Waals surface area contributed by atoms with Gasteiger partial charge < -0.3 is 54.0 Å². The second-order valence-electron chi connectivity index (χ2n) is 8.31. The first kappa shape index (κ1) is 23.5. The number of ether oxygens (including phenoxy) is 6. The number of fused-ring (bicyclic) bond motifs is 2. The molecule has 188 valence electrons. The Labute approximate surface area is 198 Å². The summed E-state index contributed by atoms with van der Waals surface area (Å²) in [6, 6.07) is 5.74. The van der Waals surface area contributed by atoms with Gasteiger partial charge in [-0.3, -0.25) is 4.79 Å². The number of phenols is 1. The van der Waals surface area contributed by atoms with Gasteiger partial charge >= 0.3 is 0 Å². The van der Waals surface area contributed by atoms with Gasteiger partial charge in [0.05, 0.1) is 19.6 Å². The number of Topliss-reactive ketones (excluding diaryl/α,β-unsaturated/α-hetero) is 1. The number of benzene rings is 2. The van der Waals surface area contributed by atoms with Crippen molar-refractivity contribution in [2.75, 3.05) is 27.1 Å². The third kappa shape index (κ3) is 3.98. The first-order chi connectivity index (χ1) is 16.8. The molecule has 0 radical (unpaired) electrons. The second-order valence-corrected chi connectivity index (χ2v) is 8.31. The number of hydrogen-bond donors (Lipinski definition) is 5. The fourth-order valence-electron chi connectivity index (χ4n) is 4.35. The largest absolute Gasteiger partial charge is 0.507 e. The Balaban J connectivity index is 1.41. The van der Waals surface area contributed by atoms with Crippen molar-refractivity contribution in [3.63, 3.8) is 0 Å². The third-order valence-corrected chi connectivity index (χ3v) is 6.22. The van der Waals surface area contributed by atoms with Gasteiger partial charge in [0, 0.05) is 23.8 Å². The molecule has 2 aromatic rings. The molecule has 12 nitrogen and oxygen atoms in total. The van der Waals surface area contributed by atoms with Crippen LogP contribution in [-0.2, 0) is 4.74 Å². The maximum Gasteiger partial charge on any atom is 0.231 e. The van der Waals surface area contributed by atoms with E-state index in [4.69, 9.17) is 28.4 Å². The average molecular weight is 492 g/mol. The van der Waals surface area contributed by atoms with Crippen LogP contribution < -0.4 is 23.7 Å². The van der Waals surface area contributed by atoms with Crippen molar-refractivity contribution in [2.24, 2.45) is 0 Å². The number of carbonyl (C=O) groups is 1. The van der Waals surface area contributed by atoms with Gasteiger partial charge in [0.2, 0.25) is 13.1 Å². The van der Waals surface area contributed by atoms with Gasteiger partial charge in [0.15, 0.2) is 17.3 Å². The zero-order valence-electron chi connectivity index (χ0n) is 18.5. The van der Waals surface area contributed by atoms with E-state index in [9.17, 15) is 30.3 Å². The summed E-state index contributed by atoms with van der Waals surface area (Å²) in [5.74, 6) is -0.267. The predicted octanol–water partition coefficient (Wildman–Crippen LogP) is -0.333. The highest BCUT2D eigenvalue weighted by Crippen LogP contribution is 2.46. The lowest BCUT2D eigenvalue weighted by Gasteiger charge is -2.39. The summed E-state index contributed by atoms with van der Waals surface area (Å²) in [7, 11) is 1.46. The molecule has 1 unspecified atom stereocenters. The normalized spacial score (nSPS) is 29.3. The number of hydrogen-bond acceptors (Lipinski definition) is 12. The van der Waals surface area contributed by atoms with Gasteiger partial charge in [-0.1, -0.05) is 0 Å². The number of aliphatic hydroxyl groups excluding tert-OH is 4. The molecule has 0 bridgehead atoms. The zero-order valence-corrected chi connectivity index (χ0v) is 18.5. The Bertz CT molecular complexity index is 1130. The Morgan fingerprint density at radius 2 is 1.71 bits per heavy atom. The molecule has 0 amide bonds. The molecular formula is C23H24O12. The molecule has 0 spiro atoms. The summed E-state index contributed by atoms with van der Waals surface area (Å²) in [6.45, 7) is -0.634. The van der Waals surface area contributed by atoms with Crippen molar-refractivity contribution in [3.05, 3.63) is 35.4 Å². The van der Waals surface area contributed by atoms with Crippen LogP contribution in [-0.4, -0.2) is 89.1 Å². The van der Waals surface area contributed by atoms with E-state index in [2.05, 4.69) is 0 Å². The molecule has 0 saturated carbocycles. The molecule has 0 aromatic heterocycles. The molecule has 3 aliphatic rings. The van der Waals surface area contributed by atoms with Crippen LogP contribution in [0.15, 0.2) is 24.3 Å². The fourth-order valence-corrected chi connectivity index (χ4v) is 4.35. The van der Waals surface area contributed by atoms with E-state index in [0.717, 1.165) is 6.07 Å². The maximum absolute atomic E-state index is 13.4. The predicted molar refractivity (Wildman–Crippen MR) is 114 cm³/mol. The first-order valence-corrected chi connectivity index (χ1v) is 10.8. The van der Waals surface area contributed by atoms with E-state index < -0.39 is 54.8 Å². The minimum atomic E-state index is -1.64. The van der Waals surface area contributed by atoms with Crippen molar-refractivity contribution in [1.29, 1.82) is 0 Å². The molecule has 35 heavy (non-hydrogen) atoms. The Kier molecular flexibility index (Phi) is 6.07. The van der Waals surface area contributed by atoms with E-state index >= 15 is 0 Å². The van der Waals surface area contributed by atoms with Crippen molar-refractivity contribution in [2.45, 2.75) is 36.6 Å². The van der Waals surface area contributed by atoms with Crippen LogP contribution in [0.4, 0.5) is 0 Å². The topological polar surface area (TPSA) is 174 Å². The van der Waals surface area contributed by atoms with E-state index in [1.54, 1.807) is 12.1 Å². The number of aromatic hydroxyl groups is 1. The highest BCUT2D eigenvalue weighted by Gasteiger charge is 2.45. The van der Waals surface area contributed by atoms with Crippen LogP contribution in [0.1, 0.15) is 21.8 Å². The zero-order chi connectivity index (χ0) is 24.9. The molecule has 1 saturated heterocycles. The molecule has 6 atom stereocenters. The van der Waals surface area contributed by atoms with Gasteiger partial charge in [-0.15, -0.1) is 0 Å². The fraction of sp³-hybridized carbons (Fsp3) is 0.435. The number of rotatable bonds is 5.